The predicted molar refractivity (Wildman–Crippen MR) is 149 cm³/mol. The third kappa shape index (κ3) is 15.8. The number of hydrogen-bond acceptors (Lipinski definition) is 4. The highest BCUT2D eigenvalue weighted by molar-refractivity contribution is 14.1. The minimum Gasteiger partial charge on any atom is -0.378 e. The Kier molecular flexibility index (Phi) is 20.1. The third-order valence-electron chi connectivity index (χ3n) is 6.02. The summed E-state index contributed by atoms with van der Waals surface area (Å²) < 4.78 is 0.154. The molecule has 0 saturated heterocycles. The van der Waals surface area contributed by atoms with E-state index in [2.05, 4.69) is 48.7 Å². The third-order valence-corrected chi connectivity index (χ3v) is 7.93. The maximum Gasteiger partial charge on any atom is 0.292 e. The zero-order chi connectivity index (χ0) is 24.1. The van der Waals surface area contributed by atoms with Gasteiger partial charge in [-0.15, -0.1) is 0 Å². The van der Waals surface area contributed by atoms with Gasteiger partial charge in [-0.2, -0.15) is 0 Å². The molecule has 0 aliphatic rings. The summed E-state index contributed by atoms with van der Waals surface area (Å²) in [4.78, 5) is 10.5. The van der Waals surface area contributed by atoms with Gasteiger partial charge in [-0.25, -0.2) is 0 Å². The van der Waals surface area contributed by atoms with Crippen LogP contribution in [0.3, 0.4) is 0 Å². The van der Waals surface area contributed by atoms with Crippen LogP contribution in [0.15, 0.2) is 24.3 Å². The summed E-state index contributed by atoms with van der Waals surface area (Å²) in [7, 11) is 0. The van der Waals surface area contributed by atoms with Gasteiger partial charge in [-0.05, 0) is 31.9 Å². The number of nitrogens with one attached hydrogen (secondary N) is 1. The van der Waals surface area contributed by atoms with Gasteiger partial charge in [0.25, 0.3) is 5.69 Å². The molecule has 0 heterocycles. The number of anilines is 1. The molecule has 1 aromatic rings. The van der Waals surface area contributed by atoms with Crippen LogP contribution in [-0.4, -0.2) is 21.4 Å². The lowest BCUT2D eigenvalue weighted by atomic mass is 10.0. The summed E-state index contributed by atoms with van der Waals surface area (Å²) in [5.41, 5.74) is 6.18. The van der Waals surface area contributed by atoms with E-state index in [0.29, 0.717) is 5.69 Å². The van der Waals surface area contributed by atoms with Crippen molar-refractivity contribution in [1.82, 2.24) is 0 Å². The molecule has 0 spiro atoms. The maximum absolute atomic E-state index is 10.8. The lowest BCUT2D eigenvalue weighted by Crippen LogP contribution is -2.28. The van der Waals surface area contributed by atoms with Crippen LogP contribution in [-0.2, 0) is 0 Å². The molecule has 0 saturated carbocycles. The van der Waals surface area contributed by atoms with Crippen LogP contribution < -0.4 is 11.1 Å². The van der Waals surface area contributed by atoms with Crippen molar-refractivity contribution in [1.29, 1.82) is 0 Å². The fourth-order valence-electron chi connectivity index (χ4n) is 3.52. The maximum atomic E-state index is 10.8. The summed E-state index contributed by atoms with van der Waals surface area (Å²) in [5, 5.41) is 14.0. The van der Waals surface area contributed by atoms with Gasteiger partial charge >= 0.3 is 0 Å². The minimum absolute atomic E-state index is 0.137. The molecule has 1 aromatic carbocycles. The van der Waals surface area contributed by atoms with E-state index in [9.17, 15) is 10.1 Å². The average molecular weight is 562 g/mol. The number of nitro benzene ring substituents is 1. The van der Waals surface area contributed by atoms with E-state index >= 15 is 0 Å². The van der Waals surface area contributed by atoms with Gasteiger partial charge < -0.3 is 11.1 Å². The van der Waals surface area contributed by atoms with Crippen LogP contribution in [0.25, 0.3) is 0 Å². The Bertz CT molecular complexity index is 568. The van der Waals surface area contributed by atoms with E-state index in [1.54, 1.807) is 12.1 Å². The first-order valence-corrected chi connectivity index (χ1v) is 13.9. The van der Waals surface area contributed by atoms with Crippen molar-refractivity contribution in [2.75, 3.05) is 18.4 Å². The summed E-state index contributed by atoms with van der Waals surface area (Å²) >= 11 is 2.43. The number of nitrogens with zero attached hydrogens (tertiary/aromatic N) is 1. The largest absolute Gasteiger partial charge is 0.378 e. The molecule has 1 rings (SSSR count). The number of halogens is 1. The monoisotopic (exact) mass is 561 g/mol. The second-order valence-electron chi connectivity index (χ2n) is 8.66. The Balaban J connectivity index is 0.000000607. The molecule has 0 aliphatic carbocycles. The molecule has 3 N–H and O–H groups in total. The zero-order valence-corrected chi connectivity index (χ0v) is 23.0. The average Bonchev–Trinajstić information content (AvgIpc) is 2.81. The van der Waals surface area contributed by atoms with Gasteiger partial charge in [-0.3, -0.25) is 10.1 Å². The fourth-order valence-corrected chi connectivity index (χ4v) is 3.71. The molecule has 0 fully saturated rings. The van der Waals surface area contributed by atoms with Crippen molar-refractivity contribution in [3.63, 3.8) is 0 Å². The van der Waals surface area contributed by atoms with E-state index in [1.807, 2.05) is 6.07 Å². The number of rotatable bonds is 18. The van der Waals surface area contributed by atoms with Gasteiger partial charge in [0, 0.05) is 16.0 Å². The first-order chi connectivity index (χ1) is 15.4. The van der Waals surface area contributed by atoms with Crippen LogP contribution in [0.2, 0.25) is 0 Å². The van der Waals surface area contributed by atoms with Crippen molar-refractivity contribution in [3.8, 4) is 0 Å². The van der Waals surface area contributed by atoms with Gasteiger partial charge in [-0.1, -0.05) is 126 Å². The fraction of sp³-hybridized carbons (Fsp3) is 0.769. The molecule has 0 atom stereocenters. The highest BCUT2D eigenvalue weighted by Gasteiger charge is 2.23. The molecule has 0 bridgehead atoms. The van der Waals surface area contributed by atoms with Crippen molar-refractivity contribution in [3.05, 3.63) is 34.4 Å². The highest BCUT2D eigenvalue weighted by Crippen LogP contribution is 2.30. The molecule has 0 unspecified atom stereocenters. The molecule has 5 nitrogen and oxygen atoms in total. The van der Waals surface area contributed by atoms with E-state index in [0.717, 1.165) is 25.9 Å². The SMILES string of the molecule is CCC(I)(CC)CNc1ccccc1[N+](=O)[O-].CCCCCCCCCCCCCCN. The number of unbranched alkanes of at least 4 members (excludes halogenated alkanes) is 11. The summed E-state index contributed by atoms with van der Waals surface area (Å²) in [6, 6.07) is 6.76. The van der Waals surface area contributed by atoms with Gasteiger partial charge in [0.1, 0.15) is 5.69 Å². The number of nitrogens with two attached hydrogens (primary N) is 1. The number of alkyl halides is 1. The predicted octanol–water partition coefficient (Wildman–Crippen LogP) is 8.65. The molecule has 32 heavy (non-hydrogen) atoms. The Morgan fingerprint density at radius 1 is 0.875 bits per heavy atom. The van der Waals surface area contributed by atoms with Crippen LogP contribution in [0.1, 0.15) is 111 Å². The molecule has 0 amide bonds. The van der Waals surface area contributed by atoms with Crippen molar-refractivity contribution >= 4 is 34.0 Å². The lowest BCUT2D eigenvalue weighted by molar-refractivity contribution is -0.384. The molecule has 0 radical (unpaired) electrons. The standard InChI is InChI=1S/C14H31N.C12H17IN2O2/c1-2-3-4-5-6-7-8-9-10-11-12-13-14-15;1-3-12(13,4-2)9-14-10-7-5-6-8-11(10)15(16)17/h2-15H2,1H3;5-8,14H,3-4,9H2,1-2H3. The quantitative estimate of drug-likeness (QED) is 0.0618. The Morgan fingerprint density at radius 2 is 1.34 bits per heavy atom. The lowest BCUT2D eigenvalue weighted by Gasteiger charge is -2.25. The highest BCUT2D eigenvalue weighted by atomic mass is 127. The Morgan fingerprint density at radius 3 is 1.78 bits per heavy atom. The molecule has 0 aliphatic heterocycles. The van der Waals surface area contributed by atoms with E-state index < -0.39 is 0 Å². The van der Waals surface area contributed by atoms with Crippen molar-refractivity contribution in [2.45, 2.75) is 114 Å². The van der Waals surface area contributed by atoms with E-state index in [1.165, 1.54) is 83.1 Å². The molecule has 6 heteroatoms. The molecule has 0 aromatic heterocycles. The second kappa shape index (κ2) is 20.7. The molecular weight excluding hydrogens is 513 g/mol. The number of benzene rings is 1. The first kappa shape index (κ1) is 31.1. The summed E-state index contributed by atoms with van der Waals surface area (Å²) in [6.07, 6.45) is 19.0. The van der Waals surface area contributed by atoms with Crippen LogP contribution >= 0.6 is 22.6 Å². The number of nitro groups is 1. The Hall–Kier alpha value is -0.890. The van der Waals surface area contributed by atoms with Gasteiger partial charge in [0.05, 0.1) is 4.92 Å². The number of hydrogen-bond donors (Lipinski definition) is 2. The topological polar surface area (TPSA) is 81.2 Å². The first-order valence-electron chi connectivity index (χ1n) is 12.8. The summed E-state index contributed by atoms with van der Waals surface area (Å²) in [5.74, 6) is 0. The van der Waals surface area contributed by atoms with E-state index in [-0.39, 0.29) is 14.0 Å². The van der Waals surface area contributed by atoms with Crippen molar-refractivity contribution < 1.29 is 4.92 Å². The summed E-state index contributed by atoms with van der Waals surface area (Å²) in [6.45, 7) is 8.16. The van der Waals surface area contributed by atoms with E-state index in [4.69, 9.17) is 5.73 Å². The zero-order valence-electron chi connectivity index (χ0n) is 20.8. The second-order valence-corrected chi connectivity index (χ2v) is 11.0. The Labute approximate surface area is 211 Å². The molecular formula is C26H48IN3O2. The molecule has 186 valence electrons. The minimum atomic E-state index is -0.352. The van der Waals surface area contributed by atoms with Crippen molar-refractivity contribution in [2.24, 2.45) is 5.73 Å². The number of para-hydroxylation sites is 2. The van der Waals surface area contributed by atoms with Crippen LogP contribution in [0.5, 0.6) is 0 Å². The van der Waals surface area contributed by atoms with Crippen LogP contribution in [0.4, 0.5) is 11.4 Å². The van der Waals surface area contributed by atoms with Gasteiger partial charge in [0.2, 0.25) is 0 Å². The van der Waals surface area contributed by atoms with Gasteiger partial charge in [0.15, 0.2) is 0 Å². The van der Waals surface area contributed by atoms with Crippen LogP contribution in [0, 0.1) is 10.1 Å². The normalized spacial score (nSPS) is 11.0. The smallest absolute Gasteiger partial charge is 0.292 e.